The van der Waals surface area contributed by atoms with Crippen LogP contribution in [0.3, 0.4) is 0 Å². The molecule has 0 amide bonds. The van der Waals surface area contributed by atoms with Crippen molar-refractivity contribution in [3.05, 3.63) is 0 Å². The summed E-state index contributed by atoms with van der Waals surface area (Å²) in [6.45, 7) is 0. The molecule has 12 heavy (non-hydrogen) atoms. The lowest BCUT2D eigenvalue weighted by Gasteiger charge is -1.53. The predicted molar refractivity (Wildman–Crippen MR) is 56.4 cm³/mol. The van der Waals surface area contributed by atoms with Crippen LogP contribution in [0.4, 0.5) is 0 Å². The van der Waals surface area contributed by atoms with Gasteiger partial charge in [0.25, 0.3) is 0 Å². The number of thiocyanates is 4. The van der Waals surface area contributed by atoms with Gasteiger partial charge in [-0.2, -0.15) is 0 Å². The van der Waals surface area contributed by atoms with Crippen molar-refractivity contribution >= 4 is 50.5 Å². The average Bonchev–Trinajstić information content (AvgIpc) is 1.92. The highest BCUT2D eigenvalue weighted by molar-refractivity contribution is 7.64. The minimum absolute atomic E-state index is 0. The highest BCUT2D eigenvalue weighted by atomic mass is 32.1. The molecule has 0 unspecified atom stereocenters. The van der Waals surface area contributed by atoms with Gasteiger partial charge in [-0.1, -0.05) is 21.6 Å². The molecule has 0 fully saturated rings. The van der Waals surface area contributed by atoms with Crippen LogP contribution in [0.15, 0.2) is 0 Å². The lowest BCUT2D eigenvalue weighted by atomic mass is 11.8. The first-order valence-corrected chi connectivity index (χ1v) is 3.34. The van der Waals surface area contributed by atoms with Gasteiger partial charge in [-0.3, -0.25) is 0 Å². The minimum Gasteiger partial charge on any atom is -0.696 e. The van der Waals surface area contributed by atoms with Crippen LogP contribution in [0, 0.1) is 42.7 Å². The molecule has 0 saturated heterocycles. The Morgan fingerprint density at radius 2 is 0.583 bits per heavy atom. The van der Waals surface area contributed by atoms with Crippen molar-refractivity contribution in [2.45, 2.75) is 0 Å². The Balaban J connectivity index is -0.00000000821. The lowest BCUT2D eigenvalue weighted by Crippen LogP contribution is -1.15. The smallest absolute Gasteiger partial charge is 0.696 e. The van der Waals surface area contributed by atoms with Crippen molar-refractivity contribution in [2.75, 3.05) is 0 Å². The van der Waals surface area contributed by atoms with E-state index in [9.17, 15) is 0 Å². The second-order valence-electron chi connectivity index (χ2n) is 0.365. The van der Waals surface area contributed by atoms with Crippen molar-refractivity contribution in [1.82, 2.24) is 0 Å². The number of hydrogen-bond acceptors (Lipinski definition) is 8. The fourth-order valence-electron chi connectivity index (χ4n) is 0. The van der Waals surface area contributed by atoms with Crippen LogP contribution in [0.2, 0.25) is 0 Å². The standard InChI is InChI=1S/4CHNS/c4*2-1-3/h4*3H. The molecule has 0 aliphatic carbocycles. The summed E-state index contributed by atoms with van der Waals surface area (Å²) in [4.78, 5) is 0. The first-order chi connectivity index (χ1) is 5.66. The molecule has 0 aromatic heterocycles. The van der Waals surface area contributed by atoms with Gasteiger partial charge in [0.1, 0.15) is 0 Å². The van der Waals surface area contributed by atoms with Gasteiger partial charge in [-0.25, -0.2) is 21.0 Å². The summed E-state index contributed by atoms with van der Waals surface area (Å²) in [6.07, 6.45) is 0. The molecule has 0 spiro atoms. The zero-order chi connectivity index (χ0) is 10.8. The van der Waals surface area contributed by atoms with Crippen LogP contribution in [-0.2, 0) is 50.5 Å². The topological polar surface area (TPSA) is 95.2 Å². The monoisotopic (exact) mass is 236 g/mol. The van der Waals surface area contributed by atoms with E-state index in [-0.39, 0.29) is 5.71 Å². The van der Waals surface area contributed by atoms with Crippen molar-refractivity contribution in [3.63, 3.8) is 0 Å². The maximum atomic E-state index is 7.13. The Hall–Kier alpha value is -1.16. The van der Waals surface area contributed by atoms with Gasteiger partial charge in [0.15, 0.2) is 0 Å². The molecule has 0 rings (SSSR count). The van der Waals surface area contributed by atoms with E-state index in [1.165, 1.54) is 21.6 Å². The third-order valence-corrected chi connectivity index (χ3v) is 0. The van der Waals surface area contributed by atoms with Gasteiger partial charge in [-0.05, 0) is 0 Å². The van der Waals surface area contributed by atoms with E-state index in [1.807, 2.05) is 0 Å². The van der Waals surface area contributed by atoms with E-state index in [0.717, 1.165) is 0 Å². The Kier molecular flexibility index (Phi) is 178. The fourth-order valence-corrected chi connectivity index (χ4v) is 0. The summed E-state index contributed by atoms with van der Waals surface area (Å²) >= 11 is 14.8. The summed E-state index contributed by atoms with van der Waals surface area (Å²) in [5.41, 5.74) is 0. The second-order valence-corrected chi connectivity index (χ2v) is 1.10. The average molecular weight is 236 g/mol. The van der Waals surface area contributed by atoms with Gasteiger partial charge in [-0.15, -0.1) is 0 Å². The van der Waals surface area contributed by atoms with E-state index >= 15 is 0 Å². The predicted octanol–water partition coefficient (Wildman–Crippen LogP) is 0.508. The van der Waals surface area contributed by atoms with E-state index in [4.69, 9.17) is 21.0 Å². The first kappa shape index (κ1) is 22.4. The molecule has 64 valence electrons. The molecule has 4 nitrogen and oxygen atoms in total. The Labute approximate surface area is 99.0 Å². The minimum atomic E-state index is 0. The molecule has 0 aliphatic heterocycles. The van der Waals surface area contributed by atoms with Crippen LogP contribution in [0.1, 0.15) is 5.71 Å². The summed E-state index contributed by atoms with van der Waals surface area (Å²) in [5, 5.41) is 33.9. The molecule has 0 atom stereocenters. The first-order valence-electron chi connectivity index (χ1n) is 1.71. The van der Waals surface area contributed by atoms with Gasteiger partial charge < -0.3 is 50.5 Å². The third kappa shape index (κ3) is 404. The summed E-state index contributed by atoms with van der Waals surface area (Å²) in [6, 6.07) is 0. The molecule has 0 saturated carbocycles. The molecule has 0 aromatic rings. The molecule has 0 aliphatic rings. The van der Waals surface area contributed by atoms with Crippen LogP contribution < -0.4 is 0 Å². The molecule has 0 N–H and O–H groups in total. The maximum absolute atomic E-state index is 7.13. The van der Waals surface area contributed by atoms with E-state index < -0.39 is 0 Å². The SMILES string of the molecule is N#C[S-].N#C[S-].N#C[S-].N#C[S-].[H+].[H+].[H+].[H+]. The number of nitriles is 4. The lowest BCUT2D eigenvalue weighted by molar-refractivity contribution is 1.57. The van der Waals surface area contributed by atoms with Gasteiger partial charge in [0.05, 0.1) is 0 Å². The number of hydrogen-bond donors (Lipinski definition) is 0. The quantitative estimate of drug-likeness (QED) is 0.443. The van der Waals surface area contributed by atoms with Crippen LogP contribution in [0.5, 0.6) is 0 Å². The molecule has 0 heterocycles. The van der Waals surface area contributed by atoms with Crippen molar-refractivity contribution in [3.8, 4) is 21.6 Å². The summed E-state index contributed by atoms with van der Waals surface area (Å²) in [5.74, 6) is 0. The zero-order valence-corrected chi connectivity index (χ0v) is 8.69. The van der Waals surface area contributed by atoms with Gasteiger partial charge >= 0.3 is 5.71 Å². The highest BCUT2D eigenvalue weighted by Crippen LogP contribution is 1.17. The normalized spacial score (nSPS) is 2.33. The Morgan fingerprint density at radius 3 is 0.583 bits per heavy atom. The zero-order valence-electron chi connectivity index (χ0n) is 9.42. The number of rotatable bonds is 0. The molecular weight excluding hydrogens is 232 g/mol. The summed E-state index contributed by atoms with van der Waals surface area (Å²) < 4.78 is 0. The van der Waals surface area contributed by atoms with Crippen molar-refractivity contribution in [1.29, 1.82) is 21.0 Å². The van der Waals surface area contributed by atoms with Crippen molar-refractivity contribution < 1.29 is 5.71 Å². The van der Waals surface area contributed by atoms with Crippen LogP contribution in [0.25, 0.3) is 0 Å². The highest BCUT2D eigenvalue weighted by Gasteiger charge is 0.875. The van der Waals surface area contributed by atoms with E-state index in [0.29, 0.717) is 0 Å². The number of nitrogens with zero attached hydrogens (tertiary/aromatic N) is 4. The van der Waals surface area contributed by atoms with Crippen LogP contribution >= 0.6 is 0 Å². The van der Waals surface area contributed by atoms with Gasteiger partial charge in [0.2, 0.25) is 0 Å². The Morgan fingerprint density at radius 1 is 0.583 bits per heavy atom. The molecular formula is C4H4N4S4. The maximum Gasteiger partial charge on any atom is 1.00 e. The Bertz CT molecular complexity index is 166. The third-order valence-electron chi connectivity index (χ3n) is 0. The summed E-state index contributed by atoms with van der Waals surface area (Å²) in [7, 11) is 0. The molecule has 0 aromatic carbocycles. The van der Waals surface area contributed by atoms with E-state index in [2.05, 4.69) is 50.5 Å². The molecule has 0 bridgehead atoms. The van der Waals surface area contributed by atoms with Crippen LogP contribution in [-0.4, -0.2) is 0 Å². The van der Waals surface area contributed by atoms with Gasteiger partial charge in [0, 0.05) is 0 Å². The fraction of sp³-hybridized carbons (Fsp3) is 0. The second kappa shape index (κ2) is 95.3. The molecule has 0 radical (unpaired) electrons. The largest absolute Gasteiger partial charge is 1.00 e. The van der Waals surface area contributed by atoms with E-state index in [1.54, 1.807) is 0 Å². The van der Waals surface area contributed by atoms with Crippen molar-refractivity contribution in [2.24, 2.45) is 0 Å². The molecule has 8 heteroatoms.